The Kier molecular flexibility index (Phi) is 13.5. The zero-order chi connectivity index (χ0) is 64.4. The molecule has 3 heterocycles. The largest absolute Gasteiger partial charge is 0.494 e. The lowest BCUT2D eigenvalue weighted by Gasteiger charge is -2.46. The molecule has 1 fully saturated rings. The average molecular weight is 1410 g/mol. The van der Waals surface area contributed by atoms with Crippen molar-refractivity contribution >= 4 is 104 Å². The molecule has 0 radical (unpaired) electrons. The molecule has 1 aliphatic heterocycles. The van der Waals surface area contributed by atoms with Crippen LogP contribution in [0.25, 0.3) is 77.3 Å². The molecule has 5 aliphatic rings. The Bertz CT molecular complexity index is 5320. The second-order valence-electron chi connectivity index (χ2n) is 27.9. The number of hydrogen-bond acceptors (Lipinski definition) is 4. The third-order valence-corrected chi connectivity index (χ3v) is 23.7. The smallest absolute Gasteiger partial charge is 0.454 e. The first-order chi connectivity index (χ1) is 45.4. The predicted octanol–water partition coefficient (Wildman–Crippen LogP) is 23.1. The molecular formula is C86H66BBr3O4. The molecular weight excluding hydrogens is 1350 g/mol. The van der Waals surface area contributed by atoms with Crippen molar-refractivity contribution in [3.05, 3.63) is 335 Å². The molecule has 94 heavy (non-hydrogen) atoms. The van der Waals surface area contributed by atoms with Crippen molar-refractivity contribution in [2.75, 3.05) is 0 Å². The van der Waals surface area contributed by atoms with Gasteiger partial charge in [-0.2, -0.15) is 0 Å². The Hall–Kier alpha value is -8.34. The van der Waals surface area contributed by atoms with Crippen LogP contribution in [0.2, 0.25) is 0 Å². The Labute approximate surface area is 574 Å². The van der Waals surface area contributed by atoms with Crippen LogP contribution < -0.4 is 5.46 Å². The summed E-state index contributed by atoms with van der Waals surface area (Å²) in [6, 6.07) is 93.1. The number of hydrogen-bond donors (Lipinski definition) is 0. The van der Waals surface area contributed by atoms with Crippen molar-refractivity contribution in [2.24, 2.45) is 0 Å². The highest BCUT2D eigenvalue weighted by molar-refractivity contribution is 9.11. The molecule has 0 unspecified atom stereocenters. The van der Waals surface area contributed by atoms with Crippen LogP contribution in [0, 0.1) is 0 Å². The summed E-state index contributed by atoms with van der Waals surface area (Å²) in [6.45, 7) is 17.9. The van der Waals surface area contributed by atoms with E-state index in [0.717, 1.165) is 68.3 Å². The maximum absolute atomic E-state index is 6.58. The molecule has 8 heteroatoms. The summed E-state index contributed by atoms with van der Waals surface area (Å²) in [5.41, 5.74) is 26.8. The van der Waals surface area contributed by atoms with E-state index in [2.05, 4.69) is 328 Å². The quantitative estimate of drug-likeness (QED) is 0.162. The summed E-state index contributed by atoms with van der Waals surface area (Å²) in [6.07, 6.45) is 0. The predicted molar refractivity (Wildman–Crippen MR) is 397 cm³/mol. The van der Waals surface area contributed by atoms with E-state index in [9.17, 15) is 0 Å². The van der Waals surface area contributed by atoms with Gasteiger partial charge < -0.3 is 18.1 Å². The summed E-state index contributed by atoms with van der Waals surface area (Å²) < 4.78 is 28.4. The molecule has 0 saturated carbocycles. The van der Waals surface area contributed by atoms with Crippen molar-refractivity contribution in [3.8, 4) is 33.4 Å². The molecule has 458 valence electrons. The average Bonchev–Trinajstić information content (AvgIpc) is 1.43. The number of fused-ring (bicyclic) bond motifs is 24. The van der Waals surface area contributed by atoms with Crippen LogP contribution in [0.3, 0.4) is 0 Å². The molecule has 2 spiro atoms. The fourth-order valence-corrected chi connectivity index (χ4v) is 18.1. The van der Waals surface area contributed by atoms with Crippen LogP contribution in [0.4, 0.5) is 0 Å². The lowest BCUT2D eigenvalue weighted by atomic mass is 9.55. The Morgan fingerprint density at radius 1 is 0.266 bits per heavy atom. The fraction of sp³-hybridized carbons (Fsp3) is 0.163. The topological polar surface area (TPSA) is 44.7 Å². The Morgan fingerprint density at radius 3 is 0.989 bits per heavy atom. The standard InChI is InChI=1S/C40H27BrO.C34H33BO2.C12H6Br2O/c1-39(2)31-16-5-7-18-33(31)40(34-19-8-6-17-32(34)39)30-15-4-3-11-26(30)27-22-21-24(23-35(27)40)25-12-9-13-28-29-14-10-20-36(41)38(29)42-37(25)28;1-31(2)26-15-9-11-17-28(26)34(29-18-12-10-16-27(29)31)25-14-8-7-13-23(25)24-20-19-22(21-30(24)34)35-36-32(3,4)33(5,6)37-35;13-9-5-1-3-7-8-4-2-6-10(14)12(8)15-11(7)9/h3-23H,1-2H3;7-21H,1-6H3;1-6H. The molecule has 14 aromatic rings. The highest BCUT2D eigenvalue weighted by atomic mass is 79.9. The summed E-state index contributed by atoms with van der Waals surface area (Å²) in [5.74, 6) is 0. The van der Waals surface area contributed by atoms with Crippen molar-refractivity contribution < 1.29 is 18.1 Å². The third kappa shape index (κ3) is 8.29. The van der Waals surface area contributed by atoms with Gasteiger partial charge in [-0.05, 0) is 200 Å². The number of halogens is 3. The molecule has 4 nitrogen and oxygen atoms in total. The van der Waals surface area contributed by atoms with Gasteiger partial charge in [0.25, 0.3) is 0 Å². The van der Waals surface area contributed by atoms with Gasteiger partial charge in [-0.1, -0.05) is 258 Å². The van der Waals surface area contributed by atoms with Crippen LogP contribution in [-0.2, 0) is 31.0 Å². The van der Waals surface area contributed by atoms with Crippen molar-refractivity contribution in [1.82, 2.24) is 0 Å². The van der Waals surface area contributed by atoms with Crippen LogP contribution >= 0.6 is 47.8 Å². The lowest BCUT2D eigenvalue weighted by molar-refractivity contribution is 0.00578. The first-order valence-corrected chi connectivity index (χ1v) is 34.8. The first-order valence-electron chi connectivity index (χ1n) is 32.5. The summed E-state index contributed by atoms with van der Waals surface area (Å²) in [5, 5.41) is 4.54. The number of para-hydroxylation sites is 4. The monoisotopic (exact) mass is 1410 g/mol. The van der Waals surface area contributed by atoms with Gasteiger partial charge in [0.15, 0.2) is 0 Å². The lowest BCUT2D eigenvalue weighted by Crippen LogP contribution is -2.41. The second kappa shape index (κ2) is 21.3. The van der Waals surface area contributed by atoms with Gasteiger partial charge in [0.05, 0.1) is 35.5 Å². The number of rotatable bonds is 2. The van der Waals surface area contributed by atoms with E-state index in [1.54, 1.807) is 0 Å². The van der Waals surface area contributed by atoms with Gasteiger partial charge >= 0.3 is 7.12 Å². The zero-order valence-electron chi connectivity index (χ0n) is 53.6. The van der Waals surface area contributed by atoms with E-state index in [0.29, 0.717) is 0 Å². The minimum Gasteiger partial charge on any atom is -0.454 e. The van der Waals surface area contributed by atoms with E-state index < -0.39 is 17.9 Å². The third-order valence-electron chi connectivity index (χ3n) is 21.9. The van der Waals surface area contributed by atoms with Crippen LogP contribution in [-0.4, -0.2) is 18.3 Å². The summed E-state index contributed by atoms with van der Waals surface area (Å²) >= 11 is 10.7. The number of furan rings is 2. The van der Waals surface area contributed by atoms with Crippen LogP contribution in [0.15, 0.2) is 277 Å². The second-order valence-corrected chi connectivity index (χ2v) is 30.5. The van der Waals surface area contributed by atoms with Crippen molar-refractivity contribution in [3.63, 3.8) is 0 Å². The zero-order valence-corrected chi connectivity index (χ0v) is 58.4. The van der Waals surface area contributed by atoms with E-state index in [4.69, 9.17) is 18.1 Å². The minimum absolute atomic E-state index is 0.0978. The molecule has 4 aliphatic carbocycles. The van der Waals surface area contributed by atoms with Crippen molar-refractivity contribution in [2.45, 2.75) is 88.3 Å². The molecule has 2 aromatic heterocycles. The Morgan fingerprint density at radius 2 is 0.574 bits per heavy atom. The van der Waals surface area contributed by atoms with Crippen molar-refractivity contribution in [1.29, 1.82) is 0 Å². The van der Waals surface area contributed by atoms with Crippen LogP contribution in [0.5, 0.6) is 0 Å². The van der Waals surface area contributed by atoms with Gasteiger partial charge in [0.2, 0.25) is 0 Å². The minimum atomic E-state index is -0.407. The summed E-state index contributed by atoms with van der Waals surface area (Å²) in [4.78, 5) is 0. The van der Waals surface area contributed by atoms with Gasteiger partial charge in [0.1, 0.15) is 22.3 Å². The van der Waals surface area contributed by atoms with Gasteiger partial charge in [-0.25, -0.2) is 0 Å². The summed E-state index contributed by atoms with van der Waals surface area (Å²) in [7, 11) is -0.401. The Balaban J connectivity index is 0.000000118. The van der Waals surface area contributed by atoms with E-state index >= 15 is 0 Å². The molecule has 12 aromatic carbocycles. The van der Waals surface area contributed by atoms with Gasteiger partial charge in [-0.15, -0.1) is 0 Å². The number of benzene rings is 12. The maximum atomic E-state index is 6.58. The maximum Gasteiger partial charge on any atom is 0.494 e. The SMILES string of the molecule is Brc1cccc2c1oc1c(Br)cccc12.CC1(C)c2ccccc2C2(c3ccccc3-c3ccc(-c4cccc5c4oc4c(Br)cccc45)cc32)c2ccccc21.CC1(C)c2ccccc2C2(c3ccccc3-c3ccc(B4OC(C)(C)C(C)(C)O4)cc32)c2ccccc21. The van der Waals surface area contributed by atoms with Gasteiger partial charge in [0, 0.05) is 37.9 Å². The first kappa shape index (κ1) is 59.4. The van der Waals surface area contributed by atoms with E-state index in [-0.39, 0.29) is 22.0 Å². The van der Waals surface area contributed by atoms with Gasteiger partial charge in [-0.3, -0.25) is 0 Å². The van der Waals surface area contributed by atoms with E-state index in [1.807, 2.05) is 30.3 Å². The molecule has 1 saturated heterocycles. The molecule has 0 bridgehead atoms. The van der Waals surface area contributed by atoms with E-state index in [1.165, 1.54) is 94.6 Å². The highest BCUT2D eigenvalue weighted by Gasteiger charge is 2.57. The highest BCUT2D eigenvalue weighted by Crippen LogP contribution is 2.64. The molecule has 0 atom stereocenters. The van der Waals surface area contributed by atoms with Crippen LogP contribution in [0.1, 0.15) is 122 Å². The fourth-order valence-electron chi connectivity index (χ4n) is 16.8. The molecule has 19 rings (SSSR count). The molecule has 0 N–H and O–H groups in total. The molecule has 0 amide bonds. The normalized spacial score (nSPS) is 16.9.